The molecule has 4 bridgehead atoms. The minimum atomic E-state index is -0.812. The Morgan fingerprint density at radius 3 is 2.41 bits per heavy atom. The Balaban J connectivity index is 1.12. The van der Waals surface area contributed by atoms with Gasteiger partial charge in [-0.3, -0.25) is 14.8 Å². The molecule has 4 aliphatic rings. The quantitative estimate of drug-likeness (QED) is 0.161. The summed E-state index contributed by atoms with van der Waals surface area (Å²) in [6.45, 7) is 2.71. The van der Waals surface area contributed by atoms with Crippen LogP contribution >= 0.6 is 23.2 Å². The summed E-state index contributed by atoms with van der Waals surface area (Å²) in [5, 5.41) is 20.6. The van der Waals surface area contributed by atoms with Crippen molar-refractivity contribution in [2.24, 2.45) is 11.8 Å². The molecular weight excluding hydrogens is 695 g/mol. The number of methoxy groups -OCH3 is 2. The lowest BCUT2D eigenvalue weighted by Crippen LogP contribution is -2.42. The summed E-state index contributed by atoms with van der Waals surface area (Å²) < 4.78 is 23.2. The van der Waals surface area contributed by atoms with Gasteiger partial charge < -0.3 is 24.1 Å². The van der Waals surface area contributed by atoms with Crippen molar-refractivity contribution in [2.75, 3.05) is 38.8 Å². The molecule has 262 valence electrons. The first-order chi connectivity index (χ1) is 24.6. The molecule has 4 fully saturated rings. The number of aromatic nitrogens is 1. The molecule has 1 amide bonds. The maximum absolute atomic E-state index is 13.8. The fourth-order valence-electron chi connectivity index (χ4n) is 7.42. The Hall–Kier alpha value is -5.02. The van der Waals surface area contributed by atoms with Crippen LogP contribution in [-0.2, 0) is 22.4 Å². The van der Waals surface area contributed by atoms with Crippen molar-refractivity contribution in [1.82, 2.24) is 9.88 Å². The van der Waals surface area contributed by atoms with E-state index in [-0.39, 0.29) is 29.8 Å². The summed E-state index contributed by atoms with van der Waals surface area (Å²) in [6.07, 6.45) is 2.74. The van der Waals surface area contributed by atoms with E-state index in [4.69, 9.17) is 42.1 Å². The zero-order valence-corrected chi connectivity index (χ0v) is 29.4. The van der Waals surface area contributed by atoms with Gasteiger partial charge in [0, 0.05) is 49.8 Å². The number of esters is 1. The Labute approximate surface area is 304 Å². The maximum Gasteiger partial charge on any atom is 0.415 e. The predicted octanol–water partition coefficient (Wildman–Crippen LogP) is 6.97. The van der Waals surface area contributed by atoms with Gasteiger partial charge in [0.05, 0.1) is 53.7 Å². The number of anilines is 1. The monoisotopic (exact) mass is 728 g/mol. The van der Waals surface area contributed by atoms with Gasteiger partial charge in [0.1, 0.15) is 17.5 Å². The van der Waals surface area contributed by atoms with Gasteiger partial charge in [0.2, 0.25) is 0 Å². The lowest BCUT2D eigenvalue weighted by Gasteiger charge is -2.31. The van der Waals surface area contributed by atoms with Crippen LogP contribution in [0.3, 0.4) is 0 Å². The van der Waals surface area contributed by atoms with Crippen molar-refractivity contribution in [1.29, 1.82) is 5.26 Å². The fourth-order valence-corrected chi connectivity index (χ4v) is 7.94. The standard InChI is InChI=1S/C38H34Cl2N4O7/c1-48-33-8-7-25(13-35(33)49-2)34(15-28-31(39)17-42-18-32(28)40)50-36(46)24-5-3-22(4-6-24)19-44(26-11-23(16-41)12-27(45)14-26)37(47)51-38-21-43-10-9-29(38)30(38)20-43/h3-8,11-14,17-18,29-30,34,45H,9-10,15,19-21H2,1-2H3/t29?,30?,34-,38+/m0/s1. The number of benzene rings is 3. The van der Waals surface area contributed by atoms with Crippen molar-refractivity contribution in [3.63, 3.8) is 0 Å². The highest BCUT2D eigenvalue weighted by molar-refractivity contribution is 6.35. The first-order valence-corrected chi connectivity index (χ1v) is 17.1. The minimum Gasteiger partial charge on any atom is -0.508 e. The summed E-state index contributed by atoms with van der Waals surface area (Å²) >= 11 is 12.9. The first-order valence-electron chi connectivity index (χ1n) is 16.4. The Morgan fingerprint density at radius 2 is 1.78 bits per heavy atom. The number of hydrogen-bond acceptors (Lipinski definition) is 10. The number of aromatic hydroxyl groups is 1. The third-order valence-electron chi connectivity index (χ3n) is 10.1. The van der Waals surface area contributed by atoms with Gasteiger partial charge in [0.25, 0.3) is 0 Å². The van der Waals surface area contributed by atoms with E-state index >= 15 is 0 Å². The molecule has 11 nitrogen and oxygen atoms in total. The Kier molecular flexibility index (Phi) is 9.42. The van der Waals surface area contributed by atoms with Gasteiger partial charge in [-0.05, 0) is 66.1 Å². The molecule has 3 unspecified atom stereocenters. The second-order valence-electron chi connectivity index (χ2n) is 13.0. The van der Waals surface area contributed by atoms with E-state index in [0.717, 1.165) is 19.5 Å². The molecule has 1 aliphatic carbocycles. The van der Waals surface area contributed by atoms with Gasteiger partial charge >= 0.3 is 12.1 Å². The van der Waals surface area contributed by atoms with E-state index in [2.05, 4.69) is 9.88 Å². The summed E-state index contributed by atoms with van der Waals surface area (Å²) in [5.74, 6) is 0.904. The molecule has 4 aromatic rings. The molecule has 13 heteroatoms. The average Bonchev–Trinajstić information content (AvgIpc) is 3.63. The van der Waals surface area contributed by atoms with E-state index in [1.165, 1.54) is 49.7 Å². The van der Waals surface area contributed by atoms with Gasteiger partial charge in [-0.1, -0.05) is 41.4 Å². The third-order valence-corrected chi connectivity index (χ3v) is 10.7. The Morgan fingerprint density at radius 1 is 1.04 bits per heavy atom. The molecule has 1 N–H and O–H groups in total. The van der Waals surface area contributed by atoms with E-state index in [1.54, 1.807) is 42.5 Å². The van der Waals surface area contributed by atoms with Crippen LogP contribution in [0.2, 0.25) is 10.0 Å². The van der Waals surface area contributed by atoms with Crippen LogP contribution in [0.15, 0.2) is 73.1 Å². The fraction of sp³-hybridized carbons (Fsp3) is 0.316. The van der Waals surface area contributed by atoms with Gasteiger partial charge in [-0.2, -0.15) is 5.26 Å². The average molecular weight is 730 g/mol. The highest BCUT2D eigenvalue weighted by atomic mass is 35.5. The topological polar surface area (TPSA) is 134 Å². The molecule has 3 saturated heterocycles. The van der Waals surface area contributed by atoms with Crippen molar-refractivity contribution in [2.45, 2.75) is 31.1 Å². The normalized spacial score (nSPS) is 21.6. The number of carbonyl (C=O) groups excluding carboxylic acids is 2. The summed E-state index contributed by atoms with van der Waals surface area (Å²) in [4.78, 5) is 35.2. The highest BCUT2D eigenvalue weighted by Gasteiger charge is 2.74. The number of ether oxygens (including phenoxy) is 4. The lowest BCUT2D eigenvalue weighted by atomic mass is 10.0. The van der Waals surface area contributed by atoms with Crippen LogP contribution in [-0.4, -0.2) is 66.5 Å². The maximum atomic E-state index is 13.8. The number of piperidine rings is 3. The van der Waals surface area contributed by atoms with E-state index < -0.39 is 23.8 Å². The second-order valence-corrected chi connectivity index (χ2v) is 13.8. The van der Waals surface area contributed by atoms with E-state index in [9.17, 15) is 20.0 Å². The largest absolute Gasteiger partial charge is 0.508 e. The molecule has 51 heavy (non-hydrogen) atoms. The number of halogens is 2. The summed E-state index contributed by atoms with van der Waals surface area (Å²) in [6, 6.07) is 18.2. The smallest absolute Gasteiger partial charge is 0.415 e. The lowest BCUT2D eigenvalue weighted by molar-refractivity contribution is 0.0296. The van der Waals surface area contributed by atoms with Crippen molar-refractivity contribution in [3.05, 3.63) is 111 Å². The van der Waals surface area contributed by atoms with Crippen molar-refractivity contribution < 1.29 is 33.6 Å². The number of phenols is 1. The van der Waals surface area contributed by atoms with Crippen molar-refractivity contribution >= 4 is 41.0 Å². The number of hydrogen-bond donors (Lipinski definition) is 1. The molecule has 3 aliphatic heterocycles. The van der Waals surface area contributed by atoms with Crippen LogP contribution in [0.4, 0.5) is 10.5 Å². The number of nitrogens with zero attached hydrogens (tertiary/aromatic N) is 4. The highest BCUT2D eigenvalue weighted by Crippen LogP contribution is 2.63. The SMILES string of the molecule is COc1ccc([C@H](Cc2c(Cl)cncc2Cl)OC(=O)c2ccc(CN(C(=O)O[C@]34CN5CCC3C4C5)c3cc(O)cc(C#N)c3)cc2)cc1OC. The van der Waals surface area contributed by atoms with Gasteiger partial charge in [-0.25, -0.2) is 9.59 Å². The third kappa shape index (κ3) is 6.75. The molecule has 3 aromatic carbocycles. The molecule has 1 saturated carbocycles. The van der Waals surface area contributed by atoms with Crippen LogP contribution in [0, 0.1) is 23.2 Å². The molecule has 1 aromatic heterocycles. The first kappa shape index (κ1) is 34.4. The zero-order valence-electron chi connectivity index (χ0n) is 27.8. The van der Waals surface area contributed by atoms with Crippen LogP contribution in [0.1, 0.15) is 45.1 Å². The number of phenolic OH excluding ortho intramolecular Hbond substituents is 1. The predicted molar refractivity (Wildman–Crippen MR) is 188 cm³/mol. The minimum absolute atomic E-state index is 0.0604. The van der Waals surface area contributed by atoms with E-state index in [1.807, 2.05) is 6.07 Å². The van der Waals surface area contributed by atoms with Crippen LogP contribution in [0.5, 0.6) is 17.2 Å². The van der Waals surface area contributed by atoms with Crippen LogP contribution in [0.25, 0.3) is 0 Å². The summed E-state index contributed by atoms with van der Waals surface area (Å²) in [5.41, 5.74) is 2.17. The Bertz CT molecular complexity index is 2010. The number of nitriles is 1. The number of amides is 1. The number of fused-ring (bicyclic) bond motifs is 1. The zero-order chi connectivity index (χ0) is 35.9. The molecule has 5 atom stereocenters. The number of pyridine rings is 1. The van der Waals surface area contributed by atoms with Gasteiger partial charge in [-0.15, -0.1) is 0 Å². The van der Waals surface area contributed by atoms with E-state index in [0.29, 0.717) is 62.3 Å². The van der Waals surface area contributed by atoms with Gasteiger partial charge in [0.15, 0.2) is 11.5 Å². The number of carbonyl (C=O) groups is 2. The molecule has 0 spiro atoms. The molecule has 8 rings (SSSR count). The molecular formula is C38H34Cl2N4O7. The number of rotatable bonds is 11. The second kappa shape index (κ2) is 13.9. The van der Waals surface area contributed by atoms with Crippen molar-refractivity contribution in [3.8, 4) is 23.3 Å². The molecule has 0 radical (unpaired) electrons. The summed E-state index contributed by atoms with van der Waals surface area (Å²) in [7, 11) is 3.05. The van der Waals surface area contributed by atoms with Crippen LogP contribution < -0.4 is 14.4 Å². The molecule has 4 heterocycles.